The first kappa shape index (κ1) is 20.6. The highest BCUT2D eigenvalue weighted by Crippen LogP contribution is 2.28. The summed E-state index contributed by atoms with van der Waals surface area (Å²) in [5.74, 6) is 0.0644. The monoisotopic (exact) mass is 424 g/mol. The predicted molar refractivity (Wildman–Crippen MR) is 123 cm³/mol. The van der Waals surface area contributed by atoms with Gasteiger partial charge in [0.15, 0.2) is 5.11 Å². The molecule has 0 saturated carbocycles. The van der Waals surface area contributed by atoms with Crippen molar-refractivity contribution >= 4 is 46.1 Å². The molecule has 2 aromatic rings. The van der Waals surface area contributed by atoms with E-state index >= 15 is 0 Å². The second kappa shape index (κ2) is 8.22. The third kappa shape index (κ3) is 3.51. The van der Waals surface area contributed by atoms with Gasteiger partial charge in [-0.2, -0.15) is 0 Å². The maximum atomic E-state index is 13.0. The van der Waals surface area contributed by atoms with Crippen molar-refractivity contribution < 1.29 is 9.59 Å². The van der Waals surface area contributed by atoms with E-state index in [0.29, 0.717) is 29.9 Å². The van der Waals surface area contributed by atoms with E-state index < -0.39 is 0 Å². The third-order valence-corrected chi connectivity index (χ3v) is 6.69. The normalized spacial score (nSPS) is 21.4. The van der Waals surface area contributed by atoms with Crippen molar-refractivity contribution in [3.63, 3.8) is 0 Å². The van der Waals surface area contributed by atoms with Gasteiger partial charge >= 0.3 is 0 Å². The van der Waals surface area contributed by atoms with E-state index in [0.717, 1.165) is 35.9 Å². The Hall–Kier alpha value is -2.67. The number of nitrogens with zero attached hydrogens (tertiary/aromatic N) is 4. The predicted octanol–water partition coefficient (Wildman–Crippen LogP) is 3.46. The summed E-state index contributed by atoms with van der Waals surface area (Å²) in [5, 5.41) is 1.54. The molecule has 0 unspecified atom stereocenters. The van der Waals surface area contributed by atoms with Crippen molar-refractivity contribution in [1.29, 1.82) is 0 Å². The van der Waals surface area contributed by atoms with Crippen LogP contribution >= 0.6 is 12.2 Å². The molecule has 7 heteroatoms. The van der Waals surface area contributed by atoms with Gasteiger partial charge in [-0.05, 0) is 57.5 Å². The summed E-state index contributed by atoms with van der Waals surface area (Å²) in [7, 11) is 1.82. The van der Waals surface area contributed by atoms with E-state index in [1.165, 1.54) is 6.42 Å². The minimum absolute atomic E-state index is 0.0833. The van der Waals surface area contributed by atoms with Crippen LogP contribution in [-0.4, -0.2) is 62.4 Å². The van der Waals surface area contributed by atoms with Crippen LogP contribution in [0, 0.1) is 0 Å². The summed E-state index contributed by atoms with van der Waals surface area (Å²) in [5.41, 5.74) is 2.46. The summed E-state index contributed by atoms with van der Waals surface area (Å²) >= 11 is 5.41. The lowest BCUT2D eigenvalue weighted by Crippen LogP contribution is -2.43. The smallest absolute Gasteiger partial charge is 0.276 e. The molecular weight excluding hydrogens is 396 g/mol. The molecule has 2 fully saturated rings. The van der Waals surface area contributed by atoms with Gasteiger partial charge in [-0.15, -0.1) is 0 Å². The molecule has 1 aromatic heterocycles. The zero-order chi connectivity index (χ0) is 21.4. The van der Waals surface area contributed by atoms with Gasteiger partial charge in [0.25, 0.3) is 5.91 Å². The van der Waals surface area contributed by atoms with Crippen molar-refractivity contribution in [3.8, 4) is 0 Å². The Labute approximate surface area is 182 Å². The number of amides is 2. The summed E-state index contributed by atoms with van der Waals surface area (Å²) in [6.45, 7) is 5.73. The molecule has 2 aliphatic heterocycles. The molecule has 1 aromatic carbocycles. The van der Waals surface area contributed by atoms with Gasteiger partial charge in [0.05, 0.1) is 0 Å². The molecule has 3 heterocycles. The van der Waals surface area contributed by atoms with Crippen molar-refractivity contribution in [2.45, 2.75) is 45.7 Å². The summed E-state index contributed by atoms with van der Waals surface area (Å²) in [6, 6.07) is 8.30. The van der Waals surface area contributed by atoms with Crippen molar-refractivity contribution in [1.82, 2.24) is 19.3 Å². The number of fused-ring (bicyclic) bond motifs is 1. The second-order valence-corrected chi connectivity index (χ2v) is 8.45. The number of likely N-dealkylation sites (tertiary alicyclic amines) is 1. The van der Waals surface area contributed by atoms with E-state index in [9.17, 15) is 9.59 Å². The minimum Gasteiger partial charge on any atom is -0.338 e. The SMILES string of the molecule is CCN1C(=O)/C(=C/c2cn(CC(=O)N3CCCC[C@H]3C)c3ccccc23)N(C)C1=S. The lowest BCUT2D eigenvalue weighted by atomic mass is 10.0. The molecule has 0 aliphatic carbocycles. The van der Waals surface area contributed by atoms with E-state index in [4.69, 9.17) is 12.2 Å². The second-order valence-electron chi connectivity index (χ2n) is 8.08. The topological polar surface area (TPSA) is 48.8 Å². The summed E-state index contributed by atoms with van der Waals surface area (Å²) in [4.78, 5) is 31.2. The lowest BCUT2D eigenvalue weighted by Gasteiger charge is -2.33. The molecule has 30 heavy (non-hydrogen) atoms. The number of hydrogen-bond acceptors (Lipinski definition) is 3. The molecule has 0 spiro atoms. The Morgan fingerprint density at radius 3 is 2.73 bits per heavy atom. The largest absolute Gasteiger partial charge is 0.338 e. The fourth-order valence-corrected chi connectivity index (χ4v) is 4.77. The Bertz CT molecular complexity index is 1040. The number of hydrogen-bond donors (Lipinski definition) is 0. The molecule has 0 radical (unpaired) electrons. The maximum Gasteiger partial charge on any atom is 0.276 e. The zero-order valence-electron chi connectivity index (χ0n) is 17.8. The van der Waals surface area contributed by atoms with Crippen LogP contribution in [0.15, 0.2) is 36.2 Å². The highest BCUT2D eigenvalue weighted by Gasteiger charge is 2.34. The Morgan fingerprint density at radius 1 is 1.27 bits per heavy atom. The molecule has 1 atom stereocenters. The van der Waals surface area contributed by atoms with Crippen LogP contribution in [0.1, 0.15) is 38.7 Å². The highest BCUT2D eigenvalue weighted by molar-refractivity contribution is 7.80. The first-order chi connectivity index (χ1) is 14.4. The minimum atomic E-state index is -0.0833. The number of aromatic nitrogens is 1. The van der Waals surface area contributed by atoms with Crippen LogP contribution in [0.5, 0.6) is 0 Å². The van der Waals surface area contributed by atoms with Crippen LogP contribution in [0.4, 0.5) is 0 Å². The van der Waals surface area contributed by atoms with E-state index in [1.807, 2.05) is 60.0 Å². The average molecular weight is 425 g/mol. The van der Waals surface area contributed by atoms with Gasteiger partial charge in [0.2, 0.25) is 5.91 Å². The standard InChI is InChI=1S/C23H28N4O2S/c1-4-26-22(29)20(24(3)23(26)30)13-17-14-25(19-11-6-5-10-18(17)19)15-21(28)27-12-8-7-9-16(27)2/h5-6,10-11,13-14,16H,4,7-9,12,15H2,1-3H3/b20-13-/t16-/m1/s1. The van der Waals surface area contributed by atoms with Gasteiger partial charge < -0.3 is 14.4 Å². The number of carbonyl (C=O) groups is 2. The molecule has 4 rings (SSSR count). The van der Waals surface area contributed by atoms with Gasteiger partial charge in [-0.25, -0.2) is 0 Å². The first-order valence-electron chi connectivity index (χ1n) is 10.6. The first-order valence-corrected chi connectivity index (χ1v) is 11.0. The van der Waals surface area contributed by atoms with Gasteiger partial charge in [0, 0.05) is 48.8 Å². The molecule has 6 nitrogen and oxygen atoms in total. The summed E-state index contributed by atoms with van der Waals surface area (Å²) < 4.78 is 2.00. The fraction of sp³-hybridized carbons (Fsp3) is 0.435. The molecule has 2 amide bonds. The van der Waals surface area contributed by atoms with E-state index in [-0.39, 0.29) is 11.8 Å². The Morgan fingerprint density at radius 2 is 2.03 bits per heavy atom. The summed E-state index contributed by atoms with van der Waals surface area (Å²) in [6.07, 6.45) is 7.19. The van der Waals surface area contributed by atoms with Crippen LogP contribution < -0.4 is 0 Å². The van der Waals surface area contributed by atoms with E-state index in [1.54, 1.807) is 9.80 Å². The number of carbonyl (C=O) groups excluding carboxylic acids is 2. The molecule has 0 bridgehead atoms. The molecule has 2 saturated heterocycles. The van der Waals surface area contributed by atoms with Gasteiger partial charge in [-0.1, -0.05) is 18.2 Å². The number of thiocarbonyl (C=S) groups is 1. The molecule has 158 valence electrons. The quantitative estimate of drug-likeness (QED) is 0.557. The average Bonchev–Trinajstić information content (AvgIpc) is 3.18. The number of rotatable bonds is 4. The molecule has 2 aliphatic rings. The van der Waals surface area contributed by atoms with E-state index in [2.05, 4.69) is 6.92 Å². The number of para-hydroxylation sites is 1. The van der Waals surface area contributed by atoms with Crippen LogP contribution in [0.3, 0.4) is 0 Å². The van der Waals surface area contributed by atoms with Gasteiger partial charge in [0.1, 0.15) is 12.2 Å². The zero-order valence-corrected chi connectivity index (χ0v) is 18.6. The van der Waals surface area contributed by atoms with Crippen molar-refractivity contribution in [2.75, 3.05) is 20.1 Å². The van der Waals surface area contributed by atoms with Crippen molar-refractivity contribution in [3.05, 3.63) is 41.7 Å². The van der Waals surface area contributed by atoms with Crippen molar-refractivity contribution in [2.24, 2.45) is 0 Å². The fourth-order valence-electron chi connectivity index (χ4n) is 4.46. The highest BCUT2D eigenvalue weighted by atomic mass is 32.1. The third-order valence-electron chi connectivity index (χ3n) is 6.20. The molecule has 0 N–H and O–H groups in total. The maximum absolute atomic E-state index is 13.0. The Kier molecular flexibility index (Phi) is 5.64. The molecular formula is C23H28N4O2S. The number of benzene rings is 1. The van der Waals surface area contributed by atoms with Crippen LogP contribution in [-0.2, 0) is 16.1 Å². The van der Waals surface area contributed by atoms with Crippen LogP contribution in [0.2, 0.25) is 0 Å². The number of likely N-dealkylation sites (N-methyl/N-ethyl adjacent to an activating group) is 2. The van der Waals surface area contributed by atoms with Gasteiger partial charge in [-0.3, -0.25) is 14.5 Å². The lowest BCUT2D eigenvalue weighted by molar-refractivity contribution is -0.135. The Balaban J connectivity index is 1.69. The van der Waals surface area contributed by atoms with Crippen LogP contribution in [0.25, 0.3) is 17.0 Å². The number of piperidine rings is 1.